The van der Waals surface area contributed by atoms with Crippen molar-refractivity contribution < 1.29 is 45.1 Å². The van der Waals surface area contributed by atoms with E-state index in [0.717, 1.165) is 23.2 Å². The number of fused-ring (bicyclic) bond motifs is 2. The summed E-state index contributed by atoms with van der Waals surface area (Å²) < 4.78 is 104. The van der Waals surface area contributed by atoms with E-state index >= 15 is 0 Å². The smallest absolute Gasteiger partial charge is 0.406 e. The molecule has 8 aromatic rings. The first kappa shape index (κ1) is 51.7. The van der Waals surface area contributed by atoms with E-state index in [0.29, 0.717) is 56.6 Å². The van der Waals surface area contributed by atoms with E-state index < -0.39 is 12.7 Å². The van der Waals surface area contributed by atoms with Crippen molar-refractivity contribution in [3.8, 4) is 34.0 Å². The Hall–Kier alpha value is -6.66. The van der Waals surface area contributed by atoms with Crippen LogP contribution in [0, 0.1) is 0 Å². The number of benzene rings is 2. The normalized spacial score (nSPS) is 14.2. The zero-order valence-corrected chi connectivity index (χ0v) is 39.4. The van der Waals surface area contributed by atoms with Gasteiger partial charge in [-0.15, -0.1) is 26.3 Å². The molecule has 0 unspecified atom stereocenters. The van der Waals surface area contributed by atoms with Crippen molar-refractivity contribution in [2.75, 3.05) is 0 Å². The van der Waals surface area contributed by atoms with Crippen LogP contribution in [0.4, 0.5) is 26.3 Å². The van der Waals surface area contributed by atoms with Crippen LogP contribution in [0.1, 0.15) is 49.0 Å². The molecular formula is C45H48BBrF6N10O6. The molecule has 0 saturated carbocycles. The molecule has 0 bridgehead atoms. The van der Waals surface area contributed by atoms with E-state index in [2.05, 4.69) is 45.6 Å². The van der Waals surface area contributed by atoms with Crippen molar-refractivity contribution >= 4 is 50.6 Å². The van der Waals surface area contributed by atoms with Crippen LogP contribution >= 0.6 is 15.9 Å². The summed E-state index contributed by atoms with van der Waals surface area (Å²) in [7, 11) is 3.36. The second kappa shape index (κ2) is 19.8. The molecule has 0 amide bonds. The van der Waals surface area contributed by atoms with E-state index in [4.69, 9.17) is 9.31 Å². The second-order valence-corrected chi connectivity index (χ2v) is 17.2. The summed E-state index contributed by atoms with van der Waals surface area (Å²) in [6.07, 6.45) is 3.95. The molecule has 366 valence electrons. The first-order valence-electron chi connectivity index (χ1n) is 20.8. The van der Waals surface area contributed by atoms with E-state index in [-0.39, 0.29) is 48.4 Å². The lowest BCUT2D eigenvalue weighted by Crippen LogP contribution is -2.41. The summed E-state index contributed by atoms with van der Waals surface area (Å²) >= 11 is 3.37. The number of nitrogens with zero attached hydrogens (tertiary/aromatic N) is 10. The van der Waals surface area contributed by atoms with Crippen molar-refractivity contribution in [1.29, 1.82) is 0 Å². The van der Waals surface area contributed by atoms with E-state index in [1.165, 1.54) is 51.7 Å². The van der Waals surface area contributed by atoms with Gasteiger partial charge in [0.1, 0.15) is 33.6 Å². The molecular weight excluding hydrogens is 981 g/mol. The molecule has 0 radical (unpaired) electrons. The highest BCUT2D eigenvalue weighted by molar-refractivity contribution is 9.10. The van der Waals surface area contributed by atoms with Crippen LogP contribution in [0.2, 0.25) is 0 Å². The van der Waals surface area contributed by atoms with Crippen LogP contribution in [-0.2, 0) is 36.5 Å². The molecule has 0 spiro atoms. The van der Waals surface area contributed by atoms with E-state index in [1.54, 1.807) is 63.0 Å². The number of hydrogen-bond donors (Lipinski definition) is 0. The molecule has 0 N–H and O–H groups in total. The summed E-state index contributed by atoms with van der Waals surface area (Å²) in [6, 6.07) is 10.2. The van der Waals surface area contributed by atoms with Gasteiger partial charge in [0.25, 0.3) is 11.1 Å². The minimum atomic E-state index is -4.78. The van der Waals surface area contributed by atoms with Gasteiger partial charge in [-0.1, -0.05) is 7.43 Å². The van der Waals surface area contributed by atoms with Gasteiger partial charge in [0.05, 0.1) is 34.5 Å². The Bertz CT molecular complexity index is 3180. The minimum absolute atomic E-state index is 0. The van der Waals surface area contributed by atoms with Crippen LogP contribution in [0.3, 0.4) is 0 Å². The summed E-state index contributed by atoms with van der Waals surface area (Å²) in [4.78, 5) is 34.4. The highest BCUT2D eigenvalue weighted by Gasteiger charge is 2.52. The van der Waals surface area contributed by atoms with Crippen molar-refractivity contribution in [2.24, 2.45) is 14.1 Å². The quantitative estimate of drug-likeness (QED) is 0.107. The monoisotopic (exact) mass is 1030 g/mol. The van der Waals surface area contributed by atoms with Crippen LogP contribution in [0.5, 0.6) is 11.5 Å². The SMILES string of the molecule is C.CCn1cnc2c(-c3cnn(C)c3)cn(-c3ccc(OC(F)(F)F)cc3)c(=O)c21.CCn1cnc2c(Br)cn(-c3ccc(OC(F)(F)F)cc3)c(=O)c21.Cn1cc(B2OC(C)(C)C(C)(C)O2)cn1. The van der Waals surface area contributed by atoms with Gasteiger partial charge in [-0.2, -0.15) is 10.2 Å². The number of rotatable bonds is 8. The third kappa shape index (κ3) is 11.3. The zero-order valence-electron chi connectivity index (χ0n) is 37.8. The zero-order chi connectivity index (χ0) is 49.5. The summed E-state index contributed by atoms with van der Waals surface area (Å²) in [5.74, 6) is -0.709. The molecule has 1 aliphatic rings. The highest BCUT2D eigenvalue weighted by Crippen LogP contribution is 2.36. The topological polar surface area (TPSA) is 152 Å². The van der Waals surface area contributed by atoms with Gasteiger partial charge in [0.15, 0.2) is 0 Å². The first-order chi connectivity index (χ1) is 31.9. The number of imidazole rings is 2. The summed E-state index contributed by atoms with van der Waals surface area (Å²) in [6.45, 7) is 13.1. The highest BCUT2D eigenvalue weighted by atomic mass is 79.9. The average Bonchev–Trinajstić information content (AvgIpc) is 4.11. The van der Waals surface area contributed by atoms with Crippen molar-refractivity contribution in [1.82, 2.24) is 47.8 Å². The maximum Gasteiger partial charge on any atom is 0.573 e. The standard InChI is InChI=1S/C19H16F3N5O2.C15H11BrF3N3O2.C10H17BN2O2.CH4/c1-3-26-11-23-16-15(12-8-24-25(2)9-12)10-27(18(28)17(16)26)13-4-6-14(7-5-13)29-19(20,21)22;1-2-21-8-20-12-11(16)7-22(14(23)13(12)21)9-3-5-10(6-4-9)24-15(17,18)19;1-9(2)10(3,4)15-11(14-9)8-6-12-13(5)7-8;/h4-11H,3H2,1-2H3;3-8H,2H2,1H3;6-7H,1-5H3;1H4. The molecule has 1 saturated heterocycles. The van der Waals surface area contributed by atoms with E-state index in [1.807, 2.05) is 54.8 Å². The molecule has 1 fully saturated rings. The molecule has 69 heavy (non-hydrogen) atoms. The largest absolute Gasteiger partial charge is 0.573 e. The Labute approximate surface area is 399 Å². The molecule has 7 heterocycles. The van der Waals surface area contributed by atoms with Crippen molar-refractivity contribution in [2.45, 2.75) is 86.0 Å². The molecule has 16 nitrogen and oxygen atoms in total. The van der Waals surface area contributed by atoms with Crippen LogP contribution in [0.25, 0.3) is 44.6 Å². The molecule has 24 heteroatoms. The third-order valence-electron chi connectivity index (χ3n) is 11.1. The summed E-state index contributed by atoms with van der Waals surface area (Å²) in [5, 5.41) is 8.28. The van der Waals surface area contributed by atoms with Gasteiger partial charge in [0, 0.05) is 86.1 Å². The minimum Gasteiger partial charge on any atom is -0.406 e. The average molecular weight is 1030 g/mol. The fourth-order valence-electron chi connectivity index (χ4n) is 7.09. The van der Waals surface area contributed by atoms with Gasteiger partial charge in [-0.3, -0.25) is 28.1 Å². The van der Waals surface area contributed by atoms with Crippen LogP contribution in [-0.4, -0.2) is 78.8 Å². The predicted molar refractivity (Wildman–Crippen MR) is 251 cm³/mol. The Balaban J connectivity index is 0.000000177. The predicted octanol–water partition coefficient (Wildman–Crippen LogP) is 8.73. The number of hydrogen-bond acceptors (Lipinski definition) is 10. The Morgan fingerprint density at radius 3 is 1.51 bits per heavy atom. The lowest BCUT2D eigenvalue weighted by molar-refractivity contribution is -0.275. The van der Waals surface area contributed by atoms with Gasteiger partial charge in [-0.25, -0.2) is 9.97 Å². The number of aromatic nitrogens is 10. The molecule has 9 rings (SSSR count). The van der Waals surface area contributed by atoms with Crippen molar-refractivity contribution in [3.63, 3.8) is 0 Å². The maximum absolute atomic E-state index is 13.1. The molecule has 2 aromatic carbocycles. The van der Waals surface area contributed by atoms with Gasteiger partial charge in [-0.05, 0) is 106 Å². The number of ether oxygens (including phenoxy) is 2. The number of halogens is 7. The number of alkyl halides is 6. The van der Waals surface area contributed by atoms with E-state index in [9.17, 15) is 35.9 Å². The number of pyridine rings is 2. The lowest BCUT2D eigenvalue weighted by atomic mass is 9.82. The Morgan fingerprint density at radius 2 is 1.09 bits per heavy atom. The molecule has 1 aliphatic heterocycles. The third-order valence-corrected chi connectivity index (χ3v) is 11.7. The Morgan fingerprint density at radius 1 is 0.652 bits per heavy atom. The van der Waals surface area contributed by atoms with Crippen molar-refractivity contribution in [3.05, 3.63) is 124 Å². The van der Waals surface area contributed by atoms with Crippen LogP contribution < -0.4 is 26.1 Å². The fourth-order valence-corrected chi connectivity index (χ4v) is 7.58. The first-order valence-corrected chi connectivity index (χ1v) is 21.6. The van der Waals surface area contributed by atoms with Crippen LogP contribution in [0.15, 0.2) is 112 Å². The summed E-state index contributed by atoms with van der Waals surface area (Å²) in [5.41, 5.74) is 3.95. The molecule has 0 aliphatic carbocycles. The molecule has 0 atom stereocenters. The van der Waals surface area contributed by atoms with Gasteiger partial charge in [0.2, 0.25) is 0 Å². The maximum atomic E-state index is 13.1. The lowest BCUT2D eigenvalue weighted by Gasteiger charge is -2.32. The van der Waals surface area contributed by atoms with Gasteiger partial charge >= 0.3 is 19.8 Å². The second-order valence-electron chi connectivity index (χ2n) is 16.3. The number of aryl methyl sites for hydroxylation is 4. The van der Waals surface area contributed by atoms with Gasteiger partial charge < -0.3 is 27.9 Å². The Kier molecular flexibility index (Phi) is 14.8. The molecule has 6 aromatic heterocycles. The fraction of sp³-hybridized carbons (Fsp3) is 0.333.